The van der Waals surface area contributed by atoms with E-state index in [0.717, 1.165) is 18.5 Å². The third-order valence-electron chi connectivity index (χ3n) is 4.14. The van der Waals surface area contributed by atoms with Crippen LogP contribution >= 0.6 is 0 Å². The fraction of sp³-hybridized carbons (Fsp3) is 0.706. The van der Waals surface area contributed by atoms with Crippen LogP contribution in [0.3, 0.4) is 0 Å². The number of likely N-dealkylation sites (tertiary alicyclic amines) is 1. The fourth-order valence-electron chi connectivity index (χ4n) is 3.05. The van der Waals surface area contributed by atoms with Crippen LogP contribution in [0, 0.1) is 13.8 Å². The van der Waals surface area contributed by atoms with E-state index >= 15 is 0 Å². The Morgan fingerprint density at radius 1 is 1.36 bits per heavy atom. The number of amides is 2. The molecule has 0 bridgehead atoms. The minimum Gasteiger partial charge on any atom is -0.444 e. The molecule has 1 aliphatic rings. The first-order chi connectivity index (χ1) is 11.6. The average Bonchev–Trinajstić information content (AvgIpc) is 2.79. The molecule has 25 heavy (non-hydrogen) atoms. The second kappa shape index (κ2) is 7.43. The first kappa shape index (κ1) is 19.2. The summed E-state index contributed by atoms with van der Waals surface area (Å²) in [5.74, 6) is 0.607. The lowest BCUT2D eigenvalue weighted by molar-refractivity contribution is 0.0191. The topological polar surface area (TPSA) is 102 Å². The Morgan fingerprint density at radius 3 is 2.64 bits per heavy atom. The molecule has 0 aliphatic carbocycles. The molecule has 2 rings (SSSR count). The predicted octanol–water partition coefficient (Wildman–Crippen LogP) is 1.92. The van der Waals surface area contributed by atoms with Crippen molar-refractivity contribution in [1.82, 2.24) is 19.8 Å². The molecule has 8 heteroatoms. The maximum absolute atomic E-state index is 12.7. The summed E-state index contributed by atoms with van der Waals surface area (Å²) in [5, 5.41) is 2.99. The Morgan fingerprint density at radius 2 is 2.04 bits per heavy atom. The number of nitrogens with one attached hydrogen (secondary N) is 1. The van der Waals surface area contributed by atoms with Gasteiger partial charge in [-0.1, -0.05) is 0 Å². The number of nitrogens with two attached hydrogens (primary N) is 1. The zero-order valence-corrected chi connectivity index (χ0v) is 15.8. The van der Waals surface area contributed by atoms with Gasteiger partial charge in [0.15, 0.2) is 0 Å². The number of aromatic nitrogens is 2. The fourth-order valence-corrected chi connectivity index (χ4v) is 3.05. The van der Waals surface area contributed by atoms with Crippen LogP contribution in [0.15, 0.2) is 0 Å². The number of rotatable bonds is 2. The van der Waals surface area contributed by atoms with Crippen molar-refractivity contribution in [3.8, 4) is 0 Å². The lowest BCUT2D eigenvalue weighted by atomic mass is 10.1. The van der Waals surface area contributed by atoms with E-state index in [-0.39, 0.29) is 24.7 Å². The summed E-state index contributed by atoms with van der Waals surface area (Å²) in [5.41, 5.74) is 6.68. The van der Waals surface area contributed by atoms with Crippen LogP contribution < -0.4 is 11.1 Å². The standard InChI is InChI=1S/C17H29N5O3/c1-11-14(9-18)22(12(2)19-11)15(23)20-13-7-6-8-21(10-13)16(24)25-17(3,4)5/h13H,6-10,18H2,1-5H3,(H,20,23). The lowest BCUT2D eigenvalue weighted by Gasteiger charge is -2.34. The molecule has 1 aromatic rings. The van der Waals surface area contributed by atoms with Crippen LogP contribution in [0.4, 0.5) is 9.59 Å². The molecule has 0 aromatic carbocycles. The third kappa shape index (κ3) is 4.72. The maximum atomic E-state index is 12.7. The Balaban J connectivity index is 2.03. The van der Waals surface area contributed by atoms with Crippen molar-refractivity contribution in [2.24, 2.45) is 5.73 Å². The first-order valence-electron chi connectivity index (χ1n) is 8.66. The van der Waals surface area contributed by atoms with E-state index in [2.05, 4.69) is 10.3 Å². The average molecular weight is 351 g/mol. The zero-order chi connectivity index (χ0) is 18.8. The number of imidazole rings is 1. The molecule has 0 saturated carbocycles. The van der Waals surface area contributed by atoms with Crippen LogP contribution in [-0.4, -0.2) is 51.3 Å². The number of hydrogen-bond donors (Lipinski definition) is 2. The normalized spacial score (nSPS) is 18.2. The van der Waals surface area contributed by atoms with E-state index < -0.39 is 5.60 Å². The van der Waals surface area contributed by atoms with Crippen LogP contribution in [0.2, 0.25) is 0 Å². The molecular weight excluding hydrogens is 322 g/mol. The molecule has 140 valence electrons. The second-order valence-electron chi connectivity index (χ2n) is 7.45. The highest BCUT2D eigenvalue weighted by Gasteiger charge is 2.29. The van der Waals surface area contributed by atoms with Crippen LogP contribution in [0.25, 0.3) is 0 Å². The van der Waals surface area contributed by atoms with E-state index in [9.17, 15) is 9.59 Å². The van der Waals surface area contributed by atoms with Crippen molar-refractivity contribution in [2.45, 2.75) is 65.6 Å². The number of nitrogens with zero attached hydrogens (tertiary/aromatic N) is 3. The number of aryl methyl sites for hydroxylation is 2. The minimum absolute atomic E-state index is 0.124. The number of carbonyl (C=O) groups excluding carboxylic acids is 2. The van der Waals surface area contributed by atoms with Crippen molar-refractivity contribution < 1.29 is 14.3 Å². The molecule has 3 N–H and O–H groups in total. The van der Waals surface area contributed by atoms with E-state index in [1.807, 2.05) is 27.7 Å². The van der Waals surface area contributed by atoms with Gasteiger partial charge in [-0.2, -0.15) is 0 Å². The Labute approximate surface area is 148 Å². The van der Waals surface area contributed by atoms with Crippen LogP contribution in [0.5, 0.6) is 0 Å². The van der Waals surface area contributed by atoms with Crippen molar-refractivity contribution in [1.29, 1.82) is 0 Å². The number of ether oxygens (including phenoxy) is 1. The minimum atomic E-state index is -0.533. The van der Waals surface area contributed by atoms with Crippen molar-refractivity contribution in [3.05, 3.63) is 17.2 Å². The molecule has 2 heterocycles. The molecule has 1 fully saturated rings. The van der Waals surface area contributed by atoms with Gasteiger partial charge in [-0.05, 0) is 47.5 Å². The van der Waals surface area contributed by atoms with Gasteiger partial charge in [0.2, 0.25) is 0 Å². The predicted molar refractivity (Wildman–Crippen MR) is 94.4 cm³/mol. The van der Waals surface area contributed by atoms with Gasteiger partial charge < -0.3 is 20.7 Å². The largest absolute Gasteiger partial charge is 0.444 e. The number of piperidine rings is 1. The second-order valence-corrected chi connectivity index (χ2v) is 7.45. The summed E-state index contributed by atoms with van der Waals surface area (Å²) < 4.78 is 6.93. The molecule has 1 aliphatic heterocycles. The highest BCUT2D eigenvalue weighted by atomic mass is 16.6. The van der Waals surface area contributed by atoms with Crippen molar-refractivity contribution >= 4 is 12.1 Å². The maximum Gasteiger partial charge on any atom is 0.410 e. The quantitative estimate of drug-likeness (QED) is 0.847. The molecular formula is C17H29N5O3. The molecule has 8 nitrogen and oxygen atoms in total. The summed E-state index contributed by atoms with van der Waals surface area (Å²) >= 11 is 0. The highest BCUT2D eigenvalue weighted by molar-refractivity contribution is 5.79. The van der Waals surface area contributed by atoms with Gasteiger partial charge in [0.05, 0.1) is 11.4 Å². The lowest BCUT2D eigenvalue weighted by Crippen LogP contribution is -2.51. The van der Waals surface area contributed by atoms with Crippen molar-refractivity contribution in [3.63, 3.8) is 0 Å². The van der Waals surface area contributed by atoms with E-state index in [1.54, 1.807) is 11.8 Å². The van der Waals surface area contributed by atoms with E-state index in [1.165, 1.54) is 4.57 Å². The van der Waals surface area contributed by atoms with E-state index in [4.69, 9.17) is 10.5 Å². The van der Waals surface area contributed by atoms with Crippen molar-refractivity contribution in [2.75, 3.05) is 13.1 Å². The Bertz CT molecular complexity index is 647. The molecule has 1 atom stereocenters. The highest BCUT2D eigenvalue weighted by Crippen LogP contribution is 2.16. The molecule has 1 aromatic heterocycles. The smallest absolute Gasteiger partial charge is 0.410 e. The van der Waals surface area contributed by atoms with Gasteiger partial charge in [0.25, 0.3) is 0 Å². The Kier molecular flexibility index (Phi) is 5.72. The summed E-state index contributed by atoms with van der Waals surface area (Å²) in [6.45, 7) is 10.5. The number of hydrogen-bond acceptors (Lipinski definition) is 5. The summed E-state index contributed by atoms with van der Waals surface area (Å²) in [6.07, 6.45) is 1.29. The summed E-state index contributed by atoms with van der Waals surface area (Å²) in [7, 11) is 0. The van der Waals surface area contributed by atoms with Crippen LogP contribution in [-0.2, 0) is 11.3 Å². The summed E-state index contributed by atoms with van der Waals surface area (Å²) in [4.78, 5) is 30.9. The van der Waals surface area contributed by atoms with Gasteiger partial charge in [0.1, 0.15) is 11.4 Å². The molecule has 2 amide bonds. The van der Waals surface area contributed by atoms with Gasteiger partial charge in [0, 0.05) is 25.7 Å². The van der Waals surface area contributed by atoms with Gasteiger partial charge in [-0.25, -0.2) is 14.6 Å². The van der Waals surface area contributed by atoms with Crippen LogP contribution in [0.1, 0.15) is 50.8 Å². The first-order valence-corrected chi connectivity index (χ1v) is 8.66. The zero-order valence-electron chi connectivity index (χ0n) is 15.8. The number of carbonyl (C=O) groups is 2. The van der Waals surface area contributed by atoms with Gasteiger partial charge in [-0.15, -0.1) is 0 Å². The Hall–Kier alpha value is -2.09. The monoisotopic (exact) mass is 351 g/mol. The summed E-state index contributed by atoms with van der Waals surface area (Å²) in [6, 6.07) is -0.379. The SMILES string of the molecule is Cc1nc(C)n(C(=O)NC2CCCN(C(=O)OC(C)(C)C)C2)c1CN. The third-order valence-corrected chi connectivity index (χ3v) is 4.14. The van der Waals surface area contributed by atoms with Gasteiger partial charge >= 0.3 is 12.1 Å². The van der Waals surface area contributed by atoms with E-state index in [0.29, 0.717) is 24.6 Å². The molecule has 1 saturated heterocycles. The van der Waals surface area contributed by atoms with Gasteiger partial charge in [-0.3, -0.25) is 4.57 Å². The molecule has 0 radical (unpaired) electrons. The molecule has 1 unspecified atom stereocenters. The molecule has 0 spiro atoms.